The summed E-state index contributed by atoms with van der Waals surface area (Å²) in [6.45, 7) is 4.50. The molecule has 1 N–H and O–H groups in total. The van der Waals surface area contributed by atoms with E-state index in [1.54, 1.807) is 12.1 Å². The molecule has 4 aliphatic carbocycles. The predicted molar refractivity (Wildman–Crippen MR) is 114 cm³/mol. The van der Waals surface area contributed by atoms with Crippen LogP contribution in [0.25, 0.3) is 0 Å². The van der Waals surface area contributed by atoms with Crippen LogP contribution in [0.15, 0.2) is 18.2 Å². The number of ether oxygens (including phenoxy) is 1. The molecule has 0 spiro atoms. The zero-order valence-corrected chi connectivity index (χ0v) is 17.6. The summed E-state index contributed by atoms with van der Waals surface area (Å²) in [6.07, 6.45) is 7.77. The lowest BCUT2D eigenvalue weighted by atomic mass is 9.48. The number of amides is 1. The molecule has 1 amide bonds. The fraction of sp³-hybridized carbons (Fsp3) is 0.696. The van der Waals surface area contributed by atoms with Gasteiger partial charge in [-0.25, -0.2) is 0 Å². The molecule has 1 atom stereocenters. The van der Waals surface area contributed by atoms with Crippen molar-refractivity contribution in [2.75, 3.05) is 31.2 Å². The molecule has 0 aromatic heterocycles. The quantitative estimate of drug-likeness (QED) is 0.587. The van der Waals surface area contributed by atoms with E-state index in [-0.39, 0.29) is 28.0 Å². The maximum Gasteiger partial charge on any atom is 0.293 e. The number of nitro groups is 1. The number of nitro benzene ring substituents is 1. The van der Waals surface area contributed by atoms with Gasteiger partial charge in [0.05, 0.1) is 18.1 Å². The SMILES string of the molecule is CC(NC(=O)c1ccc(N2CCOCC2)c([N+](=O)[O-])c1)C12CC3CC(CC(C3)C1)C2. The van der Waals surface area contributed by atoms with Gasteiger partial charge in [0.2, 0.25) is 0 Å². The highest BCUT2D eigenvalue weighted by Gasteiger charge is 2.53. The number of anilines is 1. The van der Waals surface area contributed by atoms with E-state index >= 15 is 0 Å². The largest absolute Gasteiger partial charge is 0.378 e. The number of carbonyl (C=O) groups is 1. The Labute approximate surface area is 177 Å². The molecule has 0 radical (unpaired) electrons. The van der Waals surface area contributed by atoms with Crippen molar-refractivity contribution in [2.24, 2.45) is 23.2 Å². The van der Waals surface area contributed by atoms with Gasteiger partial charge in [-0.2, -0.15) is 0 Å². The highest BCUT2D eigenvalue weighted by atomic mass is 16.6. The summed E-state index contributed by atoms with van der Waals surface area (Å²) in [5, 5.41) is 14.9. The maximum absolute atomic E-state index is 13.0. The van der Waals surface area contributed by atoms with Gasteiger partial charge in [-0.15, -0.1) is 0 Å². The van der Waals surface area contributed by atoms with Crippen molar-refractivity contribution < 1.29 is 14.5 Å². The van der Waals surface area contributed by atoms with Crippen LogP contribution in [-0.2, 0) is 4.74 Å². The van der Waals surface area contributed by atoms with E-state index in [0.29, 0.717) is 37.6 Å². The van der Waals surface area contributed by atoms with Crippen LogP contribution < -0.4 is 10.2 Å². The summed E-state index contributed by atoms with van der Waals surface area (Å²) in [5.74, 6) is 2.27. The van der Waals surface area contributed by atoms with Gasteiger partial charge >= 0.3 is 0 Å². The van der Waals surface area contributed by atoms with Gasteiger partial charge < -0.3 is 15.0 Å². The zero-order chi connectivity index (χ0) is 20.9. The molecular formula is C23H31N3O4. The molecule has 1 heterocycles. The minimum absolute atomic E-state index is 0.00740. The standard InChI is InChI=1S/C23H31N3O4/c1-15(23-12-16-8-17(13-23)10-18(9-16)14-23)24-22(27)19-2-3-20(21(11-19)26(28)29)25-4-6-30-7-5-25/h2-3,11,15-18H,4-10,12-14H2,1H3,(H,24,27). The van der Waals surface area contributed by atoms with Crippen molar-refractivity contribution in [3.05, 3.63) is 33.9 Å². The van der Waals surface area contributed by atoms with Crippen molar-refractivity contribution in [1.29, 1.82) is 0 Å². The monoisotopic (exact) mass is 413 g/mol. The molecule has 1 saturated heterocycles. The summed E-state index contributed by atoms with van der Waals surface area (Å²) in [5.41, 5.74) is 1.14. The summed E-state index contributed by atoms with van der Waals surface area (Å²) in [4.78, 5) is 26.3. The van der Waals surface area contributed by atoms with E-state index in [4.69, 9.17) is 4.74 Å². The average molecular weight is 414 g/mol. The van der Waals surface area contributed by atoms with Gasteiger partial charge in [-0.3, -0.25) is 14.9 Å². The second kappa shape index (κ2) is 7.52. The molecule has 5 aliphatic rings. The molecule has 6 rings (SSSR count). The molecule has 7 nitrogen and oxygen atoms in total. The summed E-state index contributed by atoms with van der Waals surface area (Å²) in [6, 6.07) is 4.97. The Hall–Kier alpha value is -2.15. The lowest BCUT2D eigenvalue weighted by Gasteiger charge is -2.59. The fourth-order valence-electron chi connectivity index (χ4n) is 7.02. The summed E-state index contributed by atoms with van der Waals surface area (Å²) >= 11 is 0. The first-order valence-corrected chi connectivity index (χ1v) is 11.4. The minimum atomic E-state index is -0.385. The van der Waals surface area contributed by atoms with Crippen molar-refractivity contribution in [3.63, 3.8) is 0 Å². The van der Waals surface area contributed by atoms with Crippen LogP contribution in [0.4, 0.5) is 11.4 Å². The zero-order valence-electron chi connectivity index (χ0n) is 17.6. The lowest BCUT2D eigenvalue weighted by Crippen LogP contribution is -2.55. The molecule has 1 unspecified atom stereocenters. The molecule has 30 heavy (non-hydrogen) atoms. The van der Waals surface area contributed by atoms with Crippen molar-refractivity contribution in [3.8, 4) is 0 Å². The normalized spacial score (nSPS) is 33.4. The van der Waals surface area contributed by atoms with E-state index in [0.717, 1.165) is 17.8 Å². The van der Waals surface area contributed by atoms with Crippen LogP contribution in [-0.4, -0.2) is 43.2 Å². The number of rotatable bonds is 5. The Morgan fingerprint density at radius 3 is 2.33 bits per heavy atom. The Morgan fingerprint density at radius 2 is 1.77 bits per heavy atom. The second-order valence-corrected chi connectivity index (χ2v) is 10.0. The predicted octanol–water partition coefficient (Wildman–Crippen LogP) is 3.77. The molecular weight excluding hydrogens is 382 g/mol. The molecule has 4 saturated carbocycles. The molecule has 162 valence electrons. The molecule has 1 aliphatic heterocycles. The van der Waals surface area contributed by atoms with E-state index in [1.165, 1.54) is 44.6 Å². The minimum Gasteiger partial charge on any atom is -0.378 e. The van der Waals surface area contributed by atoms with Crippen LogP contribution in [0.1, 0.15) is 55.8 Å². The van der Waals surface area contributed by atoms with Crippen LogP contribution in [0.3, 0.4) is 0 Å². The average Bonchev–Trinajstić information content (AvgIpc) is 2.73. The van der Waals surface area contributed by atoms with Gasteiger partial charge in [-0.1, -0.05) is 0 Å². The molecule has 5 fully saturated rings. The van der Waals surface area contributed by atoms with Crippen LogP contribution in [0, 0.1) is 33.3 Å². The fourth-order valence-corrected chi connectivity index (χ4v) is 7.02. The number of nitrogens with zero attached hydrogens (tertiary/aromatic N) is 2. The first-order valence-electron chi connectivity index (χ1n) is 11.4. The smallest absolute Gasteiger partial charge is 0.293 e. The lowest BCUT2D eigenvalue weighted by molar-refractivity contribution is -0.384. The van der Waals surface area contributed by atoms with Crippen molar-refractivity contribution in [2.45, 2.75) is 51.5 Å². The van der Waals surface area contributed by atoms with E-state index < -0.39 is 0 Å². The number of benzene rings is 1. The van der Waals surface area contributed by atoms with Gasteiger partial charge in [-0.05, 0) is 80.8 Å². The van der Waals surface area contributed by atoms with E-state index in [9.17, 15) is 14.9 Å². The Kier molecular flexibility index (Phi) is 4.96. The number of nitrogens with one attached hydrogen (secondary N) is 1. The van der Waals surface area contributed by atoms with Crippen LogP contribution in [0.2, 0.25) is 0 Å². The van der Waals surface area contributed by atoms with Gasteiger partial charge in [0.1, 0.15) is 5.69 Å². The molecule has 1 aromatic rings. The number of hydrogen-bond acceptors (Lipinski definition) is 5. The maximum atomic E-state index is 13.0. The van der Waals surface area contributed by atoms with Gasteiger partial charge in [0.25, 0.3) is 11.6 Å². The highest BCUT2D eigenvalue weighted by Crippen LogP contribution is 2.61. The third-order valence-corrected chi connectivity index (χ3v) is 8.14. The second-order valence-electron chi connectivity index (χ2n) is 10.0. The first kappa shape index (κ1) is 19.8. The Balaban J connectivity index is 1.33. The highest BCUT2D eigenvalue weighted by molar-refractivity contribution is 5.96. The third kappa shape index (κ3) is 3.47. The number of morpholine rings is 1. The first-order chi connectivity index (χ1) is 14.4. The van der Waals surface area contributed by atoms with Crippen LogP contribution in [0.5, 0.6) is 0 Å². The number of hydrogen-bond donors (Lipinski definition) is 1. The third-order valence-electron chi connectivity index (χ3n) is 8.14. The molecule has 4 bridgehead atoms. The summed E-state index contributed by atoms with van der Waals surface area (Å²) in [7, 11) is 0. The number of carbonyl (C=O) groups excluding carboxylic acids is 1. The Bertz CT molecular complexity index is 814. The van der Waals surface area contributed by atoms with Gasteiger partial charge in [0.15, 0.2) is 0 Å². The molecule has 7 heteroatoms. The van der Waals surface area contributed by atoms with Crippen molar-refractivity contribution >= 4 is 17.3 Å². The van der Waals surface area contributed by atoms with Gasteiger partial charge in [0, 0.05) is 30.8 Å². The van der Waals surface area contributed by atoms with E-state index in [2.05, 4.69) is 12.2 Å². The van der Waals surface area contributed by atoms with E-state index in [1.807, 2.05) is 4.90 Å². The Morgan fingerprint density at radius 1 is 1.17 bits per heavy atom. The van der Waals surface area contributed by atoms with Crippen LogP contribution >= 0.6 is 0 Å². The topological polar surface area (TPSA) is 84.7 Å². The molecule has 1 aromatic carbocycles. The van der Waals surface area contributed by atoms with Crippen molar-refractivity contribution in [1.82, 2.24) is 5.32 Å². The summed E-state index contributed by atoms with van der Waals surface area (Å²) < 4.78 is 5.35.